The van der Waals surface area contributed by atoms with Gasteiger partial charge >= 0.3 is 0 Å². The molecule has 0 aliphatic carbocycles. The van der Waals surface area contributed by atoms with Gasteiger partial charge in [-0.25, -0.2) is 0 Å². The van der Waals surface area contributed by atoms with E-state index in [4.69, 9.17) is 5.73 Å². The van der Waals surface area contributed by atoms with E-state index < -0.39 is 0 Å². The summed E-state index contributed by atoms with van der Waals surface area (Å²) in [5, 5.41) is 0. The minimum atomic E-state index is 0.0841. The summed E-state index contributed by atoms with van der Waals surface area (Å²) in [6.07, 6.45) is 0. The van der Waals surface area contributed by atoms with Crippen LogP contribution < -0.4 is 5.73 Å². The molecule has 86 valence electrons. The number of hydrogen-bond donors (Lipinski definition) is 1. The molecule has 0 atom stereocenters. The van der Waals surface area contributed by atoms with Crippen LogP contribution >= 0.6 is 0 Å². The van der Waals surface area contributed by atoms with Crippen LogP contribution in [0.1, 0.15) is 22.8 Å². The van der Waals surface area contributed by atoms with Gasteiger partial charge in [0.05, 0.1) is 0 Å². The van der Waals surface area contributed by atoms with E-state index in [0.717, 1.165) is 22.4 Å². The van der Waals surface area contributed by atoms with E-state index in [1.165, 1.54) is 5.56 Å². The molecule has 2 aromatic rings. The molecule has 2 N–H and O–H groups in total. The zero-order valence-corrected chi connectivity index (χ0v) is 10.0. The third kappa shape index (κ3) is 2.36. The molecule has 0 fully saturated rings. The number of anilines is 1. The van der Waals surface area contributed by atoms with Gasteiger partial charge in [0.2, 0.25) is 0 Å². The number of Topliss-reactive ketones (excluding diaryl/α,β-unsaturated/α-hetero) is 1. The monoisotopic (exact) mass is 225 g/mol. The van der Waals surface area contributed by atoms with Crippen LogP contribution in [-0.4, -0.2) is 5.78 Å². The molecule has 0 saturated heterocycles. The minimum Gasteiger partial charge on any atom is -0.399 e. The number of ketones is 1. The van der Waals surface area contributed by atoms with E-state index in [-0.39, 0.29) is 5.78 Å². The fourth-order valence-corrected chi connectivity index (χ4v) is 1.84. The lowest BCUT2D eigenvalue weighted by Crippen LogP contribution is -1.92. The largest absolute Gasteiger partial charge is 0.399 e. The van der Waals surface area contributed by atoms with Crippen molar-refractivity contribution >= 4 is 11.5 Å². The van der Waals surface area contributed by atoms with E-state index in [2.05, 4.69) is 0 Å². The lowest BCUT2D eigenvalue weighted by molar-refractivity contribution is 0.101. The van der Waals surface area contributed by atoms with Crippen LogP contribution in [0.2, 0.25) is 0 Å². The van der Waals surface area contributed by atoms with Crippen molar-refractivity contribution in [2.24, 2.45) is 0 Å². The molecule has 17 heavy (non-hydrogen) atoms. The predicted molar refractivity (Wildman–Crippen MR) is 71.0 cm³/mol. The molecule has 0 bridgehead atoms. The molecule has 0 spiro atoms. The van der Waals surface area contributed by atoms with Crippen LogP contribution in [-0.2, 0) is 0 Å². The second-order valence-electron chi connectivity index (χ2n) is 4.21. The Bertz CT molecular complexity index is 556. The number of benzene rings is 2. The molecule has 0 aliphatic rings. The molecule has 0 aliphatic heterocycles. The number of rotatable bonds is 2. The molecule has 0 unspecified atom stereocenters. The lowest BCUT2D eigenvalue weighted by atomic mass is 9.98. The second kappa shape index (κ2) is 4.42. The van der Waals surface area contributed by atoms with Crippen molar-refractivity contribution in [2.45, 2.75) is 13.8 Å². The fraction of sp³-hybridized carbons (Fsp3) is 0.133. The maximum absolute atomic E-state index is 11.2. The second-order valence-corrected chi connectivity index (χ2v) is 4.21. The quantitative estimate of drug-likeness (QED) is 0.628. The topological polar surface area (TPSA) is 43.1 Å². The van der Waals surface area contributed by atoms with Gasteiger partial charge in [-0.15, -0.1) is 0 Å². The lowest BCUT2D eigenvalue weighted by Gasteiger charge is -2.07. The minimum absolute atomic E-state index is 0.0841. The summed E-state index contributed by atoms with van der Waals surface area (Å²) in [5.74, 6) is 0.0841. The average molecular weight is 225 g/mol. The number of nitrogen functional groups attached to an aromatic ring is 1. The summed E-state index contributed by atoms with van der Waals surface area (Å²) in [4.78, 5) is 11.2. The van der Waals surface area contributed by atoms with Gasteiger partial charge in [0.25, 0.3) is 0 Å². The molecular weight excluding hydrogens is 210 g/mol. The van der Waals surface area contributed by atoms with Crippen molar-refractivity contribution in [1.29, 1.82) is 0 Å². The van der Waals surface area contributed by atoms with Crippen molar-refractivity contribution in [3.8, 4) is 11.1 Å². The maximum atomic E-state index is 11.2. The Kier molecular flexibility index (Phi) is 2.96. The first-order chi connectivity index (χ1) is 8.08. The summed E-state index contributed by atoms with van der Waals surface area (Å²) in [7, 11) is 0. The van der Waals surface area contributed by atoms with Crippen molar-refractivity contribution in [3.63, 3.8) is 0 Å². The van der Waals surface area contributed by atoms with Gasteiger partial charge in [0, 0.05) is 11.3 Å². The standard InChI is InChI=1S/C15H15NO/c1-10-3-8-14(16)9-15(10)13-6-4-12(5-7-13)11(2)17/h3-9H,16H2,1-2H3. The molecule has 2 rings (SSSR count). The van der Waals surface area contributed by atoms with Crippen LogP contribution in [0.4, 0.5) is 5.69 Å². The van der Waals surface area contributed by atoms with Crippen molar-refractivity contribution in [1.82, 2.24) is 0 Å². The summed E-state index contributed by atoms with van der Waals surface area (Å²) >= 11 is 0. The van der Waals surface area contributed by atoms with Gasteiger partial charge < -0.3 is 5.73 Å². The summed E-state index contributed by atoms with van der Waals surface area (Å²) in [5.41, 5.74) is 10.6. The highest BCUT2D eigenvalue weighted by molar-refractivity contribution is 5.94. The molecule has 0 amide bonds. The van der Waals surface area contributed by atoms with Crippen LogP contribution in [0.3, 0.4) is 0 Å². The Morgan fingerprint density at radius 3 is 2.29 bits per heavy atom. The van der Waals surface area contributed by atoms with Crippen LogP contribution in [0.5, 0.6) is 0 Å². The normalized spacial score (nSPS) is 10.2. The Labute approximate surface area is 101 Å². The van der Waals surface area contributed by atoms with Crippen LogP contribution in [0, 0.1) is 6.92 Å². The van der Waals surface area contributed by atoms with Gasteiger partial charge in [0.1, 0.15) is 0 Å². The third-order valence-corrected chi connectivity index (χ3v) is 2.86. The zero-order chi connectivity index (χ0) is 12.4. The molecule has 0 heterocycles. The molecule has 2 nitrogen and oxygen atoms in total. The fourth-order valence-electron chi connectivity index (χ4n) is 1.84. The Morgan fingerprint density at radius 1 is 1.06 bits per heavy atom. The first-order valence-electron chi connectivity index (χ1n) is 5.55. The van der Waals surface area contributed by atoms with Gasteiger partial charge in [0.15, 0.2) is 5.78 Å². The Hall–Kier alpha value is -2.09. The third-order valence-electron chi connectivity index (χ3n) is 2.86. The molecule has 2 aromatic carbocycles. The molecule has 0 aromatic heterocycles. The van der Waals surface area contributed by atoms with Crippen molar-refractivity contribution < 1.29 is 4.79 Å². The predicted octanol–water partition coefficient (Wildman–Crippen LogP) is 3.45. The first-order valence-corrected chi connectivity index (χ1v) is 5.55. The first kappa shape index (κ1) is 11.4. The van der Waals surface area contributed by atoms with E-state index in [1.807, 2.05) is 49.4 Å². The summed E-state index contributed by atoms with van der Waals surface area (Å²) < 4.78 is 0. The Balaban J connectivity index is 2.46. The number of carbonyl (C=O) groups excluding carboxylic acids is 1. The van der Waals surface area contributed by atoms with E-state index in [0.29, 0.717) is 0 Å². The maximum Gasteiger partial charge on any atom is 0.159 e. The van der Waals surface area contributed by atoms with E-state index in [9.17, 15) is 4.79 Å². The van der Waals surface area contributed by atoms with Gasteiger partial charge in [-0.2, -0.15) is 0 Å². The molecule has 0 saturated carbocycles. The van der Waals surface area contributed by atoms with Gasteiger partial charge in [-0.1, -0.05) is 30.3 Å². The zero-order valence-electron chi connectivity index (χ0n) is 10.0. The van der Waals surface area contributed by atoms with Gasteiger partial charge in [-0.05, 0) is 42.7 Å². The highest BCUT2D eigenvalue weighted by Gasteiger charge is 2.04. The SMILES string of the molecule is CC(=O)c1ccc(-c2cc(N)ccc2C)cc1. The summed E-state index contributed by atoms with van der Waals surface area (Å²) in [6.45, 7) is 3.62. The summed E-state index contributed by atoms with van der Waals surface area (Å²) in [6, 6.07) is 13.5. The highest BCUT2D eigenvalue weighted by atomic mass is 16.1. The van der Waals surface area contributed by atoms with Crippen molar-refractivity contribution in [2.75, 3.05) is 5.73 Å². The number of carbonyl (C=O) groups is 1. The van der Waals surface area contributed by atoms with Gasteiger partial charge in [-0.3, -0.25) is 4.79 Å². The molecule has 0 radical (unpaired) electrons. The van der Waals surface area contributed by atoms with Crippen LogP contribution in [0.15, 0.2) is 42.5 Å². The van der Waals surface area contributed by atoms with Crippen molar-refractivity contribution in [3.05, 3.63) is 53.6 Å². The number of hydrogen-bond acceptors (Lipinski definition) is 2. The van der Waals surface area contributed by atoms with Crippen LogP contribution in [0.25, 0.3) is 11.1 Å². The molecular formula is C15H15NO. The number of aryl methyl sites for hydroxylation is 1. The highest BCUT2D eigenvalue weighted by Crippen LogP contribution is 2.25. The smallest absolute Gasteiger partial charge is 0.159 e. The van der Waals surface area contributed by atoms with E-state index in [1.54, 1.807) is 6.92 Å². The van der Waals surface area contributed by atoms with E-state index >= 15 is 0 Å². The Morgan fingerprint density at radius 2 is 1.71 bits per heavy atom. The molecule has 2 heteroatoms. The average Bonchev–Trinajstić information content (AvgIpc) is 2.32. The number of nitrogens with two attached hydrogens (primary N) is 1.